The van der Waals surface area contributed by atoms with E-state index in [0.29, 0.717) is 18.4 Å². The van der Waals surface area contributed by atoms with E-state index in [1.807, 2.05) is 6.92 Å². The van der Waals surface area contributed by atoms with Crippen LogP contribution in [0.15, 0.2) is 12.1 Å². The van der Waals surface area contributed by atoms with Crippen LogP contribution in [0.5, 0.6) is 0 Å². The Kier molecular flexibility index (Phi) is 5.57. The summed E-state index contributed by atoms with van der Waals surface area (Å²) < 4.78 is 52.5. The zero-order valence-corrected chi connectivity index (χ0v) is 12.0. The van der Waals surface area contributed by atoms with Crippen LogP contribution in [0.4, 0.5) is 17.6 Å². The van der Waals surface area contributed by atoms with Crippen LogP contribution in [-0.2, 0) is 12.6 Å². The molecule has 1 aromatic carbocycles. The minimum atomic E-state index is -4.66. The number of alkyl halides is 3. The highest BCUT2D eigenvalue weighted by atomic mass is 19.4. The molecule has 2 N–H and O–H groups in total. The Morgan fingerprint density at radius 2 is 1.75 bits per heavy atom. The standard InChI is InChI=1S/C15H21F4N/c1-9(2)12-7-11(6-4-5-10(3)20)8-13(14(12)16)15(17,18)19/h7-10H,4-6,20H2,1-3H3/t10-/m0/s1. The molecule has 1 nitrogen and oxygen atoms in total. The largest absolute Gasteiger partial charge is 0.419 e. The molecule has 0 bridgehead atoms. The third-order valence-electron chi connectivity index (χ3n) is 3.21. The molecule has 1 rings (SSSR count). The number of rotatable bonds is 5. The van der Waals surface area contributed by atoms with Gasteiger partial charge < -0.3 is 5.73 Å². The van der Waals surface area contributed by atoms with Gasteiger partial charge in [-0.25, -0.2) is 4.39 Å². The first-order chi connectivity index (χ1) is 9.12. The Bertz CT molecular complexity index is 450. The van der Waals surface area contributed by atoms with E-state index in [-0.39, 0.29) is 17.5 Å². The number of benzene rings is 1. The lowest BCUT2D eigenvalue weighted by Gasteiger charge is -2.16. The summed E-state index contributed by atoms with van der Waals surface area (Å²) in [6, 6.07) is 2.47. The van der Waals surface area contributed by atoms with Gasteiger partial charge in [0.1, 0.15) is 5.82 Å². The fourth-order valence-electron chi connectivity index (χ4n) is 2.11. The molecule has 5 heteroatoms. The zero-order chi connectivity index (χ0) is 15.5. The van der Waals surface area contributed by atoms with Crippen LogP contribution in [0.25, 0.3) is 0 Å². The second-order valence-corrected chi connectivity index (χ2v) is 5.57. The predicted molar refractivity (Wildman–Crippen MR) is 72.1 cm³/mol. The third-order valence-corrected chi connectivity index (χ3v) is 3.21. The van der Waals surface area contributed by atoms with Crippen LogP contribution in [-0.4, -0.2) is 6.04 Å². The van der Waals surface area contributed by atoms with Gasteiger partial charge in [-0.15, -0.1) is 0 Å². The highest BCUT2D eigenvalue weighted by Crippen LogP contribution is 2.35. The summed E-state index contributed by atoms with van der Waals surface area (Å²) in [4.78, 5) is 0. The van der Waals surface area contributed by atoms with Crippen LogP contribution in [0.1, 0.15) is 56.2 Å². The molecule has 0 amide bonds. The minimum Gasteiger partial charge on any atom is -0.328 e. The van der Waals surface area contributed by atoms with Crippen molar-refractivity contribution in [2.45, 2.75) is 58.2 Å². The Morgan fingerprint density at radius 3 is 2.20 bits per heavy atom. The molecule has 0 fully saturated rings. The molecule has 114 valence electrons. The highest BCUT2D eigenvalue weighted by molar-refractivity contribution is 5.35. The van der Waals surface area contributed by atoms with Crippen LogP contribution in [0, 0.1) is 5.82 Å². The number of hydrogen-bond donors (Lipinski definition) is 1. The quantitative estimate of drug-likeness (QED) is 0.786. The van der Waals surface area contributed by atoms with Gasteiger partial charge in [0.15, 0.2) is 0 Å². The first-order valence-electron chi connectivity index (χ1n) is 6.78. The molecule has 20 heavy (non-hydrogen) atoms. The Balaban J connectivity index is 3.10. The summed E-state index contributed by atoms with van der Waals surface area (Å²) in [6.07, 6.45) is -2.76. The second-order valence-electron chi connectivity index (χ2n) is 5.57. The molecule has 0 radical (unpaired) electrons. The van der Waals surface area contributed by atoms with E-state index in [1.165, 1.54) is 6.07 Å². The van der Waals surface area contributed by atoms with Crippen molar-refractivity contribution in [2.75, 3.05) is 0 Å². The van der Waals surface area contributed by atoms with Gasteiger partial charge >= 0.3 is 6.18 Å². The van der Waals surface area contributed by atoms with E-state index < -0.39 is 17.6 Å². The summed E-state index contributed by atoms with van der Waals surface area (Å²) in [5, 5.41) is 0. The van der Waals surface area contributed by atoms with Crippen molar-refractivity contribution in [3.63, 3.8) is 0 Å². The second kappa shape index (κ2) is 6.57. The molecule has 0 aliphatic rings. The van der Waals surface area contributed by atoms with Crippen molar-refractivity contribution in [1.29, 1.82) is 0 Å². The summed E-state index contributed by atoms with van der Waals surface area (Å²) in [5.41, 5.74) is 5.09. The van der Waals surface area contributed by atoms with Crippen LogP contribution >= 0.6 is 0 Å². The molecule has 0 aliphatic heterocycles. The van der Waals surface area contributed by atoms with E-state index >= 15 is 0 Å². The van der Waals surface area contributed by atoms with Gasteiger partial charge in [-0.2, -0.15) is 13.2 Å². The summed E-state index contributed by atoms with van der Waals surface area (Å²) in [7, 11) is 0. The van der Waals surface area contributed by atoms with E-state index in [2.05, 4.69) is 0 Å². The zero-order valence-electron chi connectivity index (χ0n) is 12.0. The van der Waals surface area contributed by atoms with Crippen LogP contribution in [0.2, 0.25) is 0 Å². The number of halogens is 4. The van der Waals surface area contributed by atoms with Crippen molar-refractivity contribution in [3.8, 4) is 0 Å². The summed E-state index contributed by atoms with van der Waals surface area (Å²) in [5.74, 6) is -1.44. The minimum absolute atomic E-state index is 0.0158. The number of nitrogens with two attached hydrogens (primary N) is 1. The molecule has 0 saturated carbocycles. The maximum absolute atomic E-state index is 13.9. The molecule has 1 atom stereocenters. The smallest absolute Gasteiger partial charge is 0.328 e. The highest BCUT2D eigenvalue weighted by Gasteiger charge is 2.35. The lowest BCUT2D eigenvalue weighted by atomic mass is 9.94. The van der Waals surface area contributed by atoms with Crippen molar-refractivity contribution < 1.29 is 17.6 Å². The van der Waals surface area contributed by atoms with Crippen LogP contribution < -0.4 is 5.73 Å². The predicted octanol–water partition coefficient (Wildman–Crippen LogP) is 4.64. The maximum atomic E-state index is 13.9. The van der Waals surface area contributed by atoms with E-state index in [4.69, 9.17) is 5.73 Å². The van der Waals surface area contributed by atoms with Gasteiger partial charge in [0.05, 0.1) is 5.56 Å². The molecular weight excluding hydrogens is 270 g/mol. The van der Waals surface area contributed by atoms with Crippen LogP contribution in [0.3, 0.4) is 0 Å². The molecule has 0 unspecified atom stereocenters. The molecule has 0 aromatic heterocycles. The first kappa shape index (κ1) is 17.0. The molecule has 0 saturated heterocycles. The monoisotopic (exact) mass is 291 g/mol. The van der Waals surface area contributed by atoms with Crippen molar-refractivity contribution in [1.82, 2.24) is 0 Å². The van der Waals surface area contributed by atoms with Crippen molar-refractivity contribution >= 4 is 0 Å². The average Bonchev–Trinajstić information content (AvgIpc) is 2.28. The molecule has 0 spiro atoms. The first-order valence-corrected chi connectivity index (χ1v) is 6.78. The maximum Gasteiger partial charge on any atom is 0.419 e. The van der Waals surface area contributed by atoms with Crippen molar-refractivity contribution in [3.05, 3.63) is 34.6 Å². The topological polar surface area (TPSA) is 26.0 Å². The van der Waals surface area contributed by atoms with Gasteiger partial charge in [-0.3, -0.25) is 0 Å². The Hall–Kier alpha value is -1.10. The molecular formula is C15H21F4N. The van der Waals surface area contributed by atoms with Gasteiger partial charge in [0.2, 0.25) is 0 Å². The lowest BCUT2D eigenvalue weighted by molar-refractivity contribution is -0.140. The molecule has 0 aliphatic carbocycles. The molecule has 1 aromatic rings. The van der Waals surface area contributed by atoms with Crippen molar-refractivity contribution in [2.24, 2.45) is 5.73 Å². The number of hydrogen-bond acceptors (Lipinski definition) is 1. The molecule has 0 heterocycles. The Morgan fingerprint density at radius 1 is 1.15 bits per heavy atom. The normalized spacial score (nSPS) is 13.8. The average molecular weight is 291 g/mol. The fourth-order valence-corrected chi connectivity index (χ4v) is 2.11. The SMILES string of the molecule is CC(C)c1cc(CCC[C@H](C)N)cc(C(F)(F)F)c1F. The summed E-state index contributed by atoms with van der Waals surface area (Å²) >= 11 is 0. The number of aryl methyl sites for hydroxylation is 1. The Labute approximate surface area is 117 Å². The van der Waals surface area contributed by atoms with E-state index in [9.17, 15) is 17.6 Å². The van der Waals surface area contributed by atoms with Gasteiger partial charge in [0, 0.05) is 6.04 Å². The van der Waals surface area contributed by atoms with Gasteiger partial charge in [-0.05, 0) is 49.3 Å². The van der Waals surface area contributed by atoms with E-state index in [1.54, 1.807) is 13.8 Å². The lowest BCUT2D eigenvalue weighted by Crippen LogP contribution is -2.15. The van der Waals surface area contributed by atoms with Gasteiger partial charge in [-0.1, -0.05) is 19.9 Å². The van der Waals surface area contributed by atoms with Gasteiger partial charge in [0.25, 0.3) is 0 Å². The van der Waals surface area contributed by atoms with E-state index in [0.717, 1.165) is 12.5 Å². The third kappa shape index (κ3) is 4.47. The summed E-state index contributed by atoms with van der Waals surface area (Å²) in [6.45, 7) is 5.22. The fraction of sp³-hybridized carbons (Fsp3) is 0.600.